The van der Waals surface area contributed by atoms with Crippen LogP contribution in [0, 0.1) is 12.3 Å². The zero-order chi connectivity index (χ0) is 13.1. The minimum atomic E-state index is 0.511. The van der Waals surface area contributed by atoms with E-state index < -0.39 is 0 Å². The predicted molar refractivity (Wildman–Crippen MR) is 77.6 cm³/mol. The number of nitrogens with one attached hydrogen (secondary N) is 1. The van der Waals surface area contributed by atoms with E-state index in [1.807, 2.05) is 0 Å². The third-order valence-corrected chi connectivity index (χ3v) is 3.67. The van der Waals surface area contributed by atoms with Crippen LogP contribution in [0.4, 0.5) is 0 Å². The summed E-state index contributed by atoms with van der Waals surface area (Å²) in [6.07, 6.45) is 16.6. The SMILES string of the molecule is C#CCCCC(CCC1CCCCO1)NCCC. The highest BCUT2D eigenvalue weighted by Crippen LogP contribution is 2.19. The summed E-state index contributed by atoms with van der Waals surface area (Å²) in [7, 11) is 0. The molecule has 0 aromatic carbocycles. The van der Waals surface area contributed by atoms with Gasteiger partial charge in [-0.25, -0.2) is 0 Å². The lowest BCUT2D eigenvalue weighted by atomic mass is 9.98. The molecule has 0 saturated carbocycles. The minimum Gasteiger partial charge on any atom is -0.378 e. The zero-order valence-corrected chi connectivity index (χ0v) is 11.9. The molecule has 0 aliphatic carbocycles. The van der Waals surface area contributed by atoms with E-state index >= 15 is 0 Å². The van der Waals surface area contributed by atoms with Crippen molar-refractivity contribution in [3.8, 4) is 12.3 Å². The van der Waals surface area contributed by atoms with E-state index in [4.69, 9.17) is 11.2 Å². The second-order valence-electron chi connectivity index (χ2n) is 5.31. The second kappa shape index (κ2) is 10.4. The monoisotopic (exact) mass is 251 g/mol. The smallest absolute Gasteiger partial charge is 0.0575 e. The number of ether oxygens (including phenoxy) is 1. The summed E-state index contributed by atoms with van der Waals surface area (Å²) in [6.45, 7) is 4.30. The first-order valence-corrected chi connectivity index (χ1v) is 7.65. The molecule has 1 rings (SSSR count). The first kappa shape index (κ1) is 15.5. The Hall–Kier alpha value is -0.520. The van der Waals surface area contributed by atoms with E-state index in [1.54, 1.807) is 0 Å². The molecule has 1 N–H and O–H groups in total. The minimum absolute atomic E-state index is 0.511. The summed E-state index contributed by atoms with van der Waals surface area (Å²) in [5.74, 6) is 2.73. The van der Waals surface area contributed by atoms with Crippen molar-refractivity contribution in [1.29, 1.82) is 0 Å². The van der Waals surface area contributed by atoms with Crippen molar-refractivity contribution in [2.24, 2.45) is 0 Å². The van der Waals surface area contributed by atoms with E-state index in [0.29, 0.717) is 12.1 Å². The Bertz CT molecular complexity index is 228. The largest absolute Gasteiger partial charge is 0.378 e. The Morgan fingerprint density at radius 1 is 1.39 bits per heavy atom. The van der Waals surface area contributed by atoms with Gasteiger partial charge in [-0.15, -0.1) is 12.3 Å². The van der Waals surface area contributed by atoms with Crippen LogP contribution < -0.4 is 5.32 Å². The molecule has 1 aliphatic heterocycles. The highest BCUT2D eigenvalue weighted by atomic mass is 16.5. The molecule has 1 heterocycles. The van der Waals surface area contributed by atoms with Gasteiger partial charge in [0.05, 0.1) is 6.10 Å². The molecule has 1 saturated heterocycles. The van der Waals surface area contributed by atoms with Crippen LogP contribution in [0.5, 0.6) is 0 Å². The lowest BCUT2D eigenvalue weighted by Gasteiger charge is -2.25. The Morgan fingerprint density at radius 3 is 2.94 bits per heavy atom. The third kappa shape index (κ3) is 7.03. The Balaban J connectivity index is 2.18. The maximum atomic E-state index is 5.80. The number of unbranched alkanes of at least 4 members (excludes halogenated alkanes) is 1. The predicted octanol–water partition coefficient (Wildman–Crippen LogP) is 3.51. The standard InChI is InChI=1S/C16H29NO/c1-3-5-6-9-15(17-13-4-2)11-12-16-10-7-8-14-18-16/h1,15-17H,4-14H2,2H3. The Kier molecular flexibility index (Phi) is 8.98. The average molecular weight is 251 g/mol. The van der Waals surface area contributed by atoms with E-state index in [2.05, 4.69) is 18.2 Å². The summed E-state index contributed by atoms with van der Waals surface area (Å²) >= 11 is 0. The molecule has 0 aromatic heterocycles. The first-order chi connectivity index (χ1) is 8.86. The Labute approximate surface area is 113 Å². The van der Waals surface area contributed by atoms with Crippen molar-refractivity contribution in [3.63, 3.8) is 0 Å². The molecule has 104 valence electrons. The van der Waals surface area contributed by atoms with Gasteiger partial charge >= 0.3 is 0 Å². The summed E-state index contributed by atoms with van der Waals surface area (Å²) < 4.78 is 5.80. The quantitative estimate of drug-likeness (QED) is 0.500. The van der Waals surface area contributed by atoms with Crippen molar-refractivity contribution >= 4 is 0 Å². The topological polar surface area (TPSA) is 21.3 Å². The summed E-state index contributed by atoms with van der Waals surface area (Å²) in [4.78, 5) is 0. The molecule has 0 bridgehead atoms. The fourth-order valence-corrected chi connectivity index (χ4v) is 2.57. The molecule has 18 heavy (non-hydrogen) atoms. The number of hydrogen-bond acceptors (Lipinski definition) is 2. The van der Waals surface area contributed by atoms with Gasteiger partial charge in [0, 0.05) is 19.1 Å². The highest BCUT2D eigenvalue weighted by molar-refractivity contribution is 4.84. The molecular weight excluding hydrogens is 222 g/mol. The van der Waals surface area contributed by atoms with Gasteiger partial charge < -0.3 is 10.1 Å². The van der Waals surface area contributed by atoms with Gasteiger partial charge in [0.25, 0.3) is 0 Å². The Morgan fingerprint density at radius 2 is 2.28 bits per heavy atom. The molecule has 2 unspecified atom stereocenters. The number of hydrogen-bond donors (Lipinski definition) is 1. The molecule has 2 nitrogen and oxygen atoms in total. The van der Waals surface area contributed by atoms with Crippen LogP contribution in [0.3, 0.4) is 0 Å². The maximum absolute atomic E-state index is 5.80. The van der Waals surface area contributed by atoms with Crippen LogP contribution in [-0.2, 0) is 4.74 Å². The second-order valence-corrected chi connectivity index (χ2v) is 5.31. The van der Waals surface area contributed by atoms with E-state index in [0.717, 1.165) is 26.0 Å². The molecular formula is C16H29NO. The normalized spacial score (nSPS) is 21.4. The molecule has 0 amide bonds. The van der Waals surface area contributed by atoms with Crippen LogP contribution >= 0.6 is 0 Å². The lowest BCUT2D eigenvalue weighted by molar-refractivity contribution is 0.00842. The molecule has 0 radical (unpaired) electrons. The van der Waals surface area contributed by atoms with Crippen LogP contribution in [0.2, 0.25) is 0 Å². The van der Waals surface area contributed by atoms with Crippen molar-refractivity contribution in [2.45, 2.75) is 76.9 Å². The number of terminal acetylenes is 1. The molecule has 2 heteroatoms. The average Bonchev–Trinajstić information content (AvgIpc) is 2.42. The van der Waals surface area contributed by atoms with Crippen LogP contribution in [0.15, 0.2) is 0 Å². The van der Waals surface area contributed by atoms with Gasteiger partial charge in [0.2, 0.25) is 0 Å². The zero-order valence-electron chi connectivity index (χ0n) is 11.9. The van der Waals surface area contributed by atoms with Crippen molar-refractivity contribution < 1.29 is 4.74 Å². The molecule has 2 atom stereocenters. The summed E-state index contributed by atoms with van der Waals surface area (Å²) in [5.41, 5.74) is 0. The van der Waals surface area contributed by atoms with Crippen LogP contribution in [0.25, 0.3) is 0 Å². The van der Waals surface area contributed by atoms with Gasteiger partial charge in [0.15, 0.2) is 0 Å². The molecule has 0 aromatic rings. The molecule has 0 spiro atoms. The lowest BCUT2D eigenvalue weighted by Crippen LogP contribution is -2.31. The highest BCUT2D eigenvalue weighted by Gasteiger charge is 2.16. The molecule has 1 fully saturated rings. The van der Waals surface area contributed by atoms with Crippen molar-refractivity contribution in [3.05, 3.63) is 0 Å². The summed E-state index contributed by atoms with van der Waals surface area (Å²) in [5, 5.41) is 3.64. The van der Waals surface area contributed by atoms with Gasteiger partial charge in [-0.3, -0.25) is 0 Å². The van der Waals surface area contributed by atoms with E-state index in [1.165, 1.54) is 44.9 Å². The van der Waals surface area contributed by atoms with E-state index in [-0.39, 0.29) is 0 Å². The van der Waals surface area contributed by atoms with Crippen LogP contribution in [-0.4, -0.2) is 25.3 Å². The summed E-state index contributed by atoms with van der Waals surface area (Å²) in [6, 6.07) is 0.629. The number of rotatable bonds is 9. The first-order valence-electron chi connectivity index (χ1n) is 7.65. The van der Waals surface area contributed by atoms with E-state index in [9.17, 15) is 0 Å². The van der Waals surface area contributed by atoms with Gasteiger partial charge in [-0.1, -0.05) is 6.92 Å². The van der Waals surface area contributed by atoms with Crippen molar-refractivity contribution in [2.75, 3.05) is 13.2 Å². The van der Waals surface area contributed by atoms with Gasteiger partial charge in [-0.2, -0.15) is 0 Å². The molecule has 1 aliphatic rings. The van der Waals surface area contributed by atoms with Crippen LogP contribution in [0.1, 0.15) is 64.7 Å². The maximum Gasteiger partial charge on any atom is 0.0575 e. The fraction of sp³-hybridized carbons (Fsp3) is 0.875. The third-order valence-electron chi connectivity index (χ3n) is 3.67. The van der Waals surface area contributed by atoms with Gasteiger partial charge in [-0.05, 0) is 57.9 Å². The fourth-order valence-electron chi connectivity index (χ4n) is 2.57. The van der Waals surface area contributed by atoms with Crippen molar-refractivity contribution in [1.82, 2.24) is 5.32 Å². The van der Waals surface area contributed by atoms with Gasteiger partial charge in [0.1, 0.15) is 0 Å².